The molecule has 1 saturated heterocycles. The molecule has 0 radical (unpaired) electrons. The second-order valence-electron chi connectivity index (χ2n) is 7.12. The zero-order valence-corrected chi connectivity index (χ0v) is 20.2. The number of methoxy groups -OCH3 is 1. The number of carbonyl (C=O) groups excluding carboxylic acids is 1. The van der Waals surface area contributed by atoms with Gasteiger partial charge in [0.25, 0.3) is 11.6 Å². The molecule has 0 aliphatic carbocycles. The number of benzene rings is 3. The van der Waals surface area contributed by atoms with Crippen LogP contribution in [0.15, 0.2) is 71.6 Å². The van der Waals surface area contributed by atoms with Crippen LogP contribution >= 0.6 is 35.6 Å². The van der Waals surface area contributed by atoms with Crippen molar-refractivity contribution >= 4 is 63.3 Å². The second kappa shape index (κ2) is 10.3. The van der Waals surface area contributed by atoms with Crippen molar-refractivity contribution in [3.05, 3.63) is 97.9 Å². The molecule has 3 aromatic rings. The number of hydrogen-bond donors (Lipinski definition) is 0. The second-order valence-corrected chi connectivity index (χ2v) is 9.23. The molecule has 0 bridgehead atoms. The highest BCUT2D eigenvalue weighted by atomic mass is 35.5. The molecule has 0 saturated carbocycles. The maximum atomic E-state index is 13.0. The summed E-state index contributed by atoms with van der Waals surface area (Å²) in [6, 6.07) is 18.4. The average Bonchev–Trinajstić information content (AvgIpc) is 3.11. The number of nitro benzene ring substituents is 1. The SMILES string of the molecule is COc1cc(C=C2SC(=S)N(c3ccc(Cl)cc3)C2=O)ccc1OCc1ccc([N+](=O)[O-])cc1. The van der Waals surface area contributed by atoms with Crippen LogP contribution in [0, 0.1) is 10.1 Å². The number of rotatable bonds is 7. The largest absolute Gasteiger partial charge is 0.493 e. The maximum Gasteiger partial charge on any atom is 0.270 e. The summed E-state index contributed by atoms with van der Waals surface area (Å²) >= 11 is 12.6. The molecule has 0 atom stereocenters. The lowest BCUT2D eigenvalue weighted by molar-refractivity contribution is -0.384. The third-order valence-electron chi connectivity index (χ3n) is 4.91. The molecular weight excluding hydrogens is 496 g/mol. The Kier molecular flexibility index (Phi) is 7.16. The normalized spacial score (nSPS) is 14.5. The van der Waals surface area contributed by atoms with Gasteiger partial charge in [0.05, 0.1) is 22.6 Å². The molecule has 3 aromatic carbocycles. The van der Waals surface area contributed by atoms with E-state index in [2.05, 4.69) is 0 Å². The van der Waals surface area contributed by atoms with Gasteiger partial charge in [-0.15, -0.1) is 0 Å². The van der Waals surface area contributed by atoms with E-state index >= 15 is 0 Å². The van der Waals surface area contributed by atoms with Gasteiger partial charge in [-0.2, -0.15) is 0 Å². The smallest absolute Gasteiger partial charge is 0.270 e. The molecule has 4 rings (SSSR count). The van der Waals surface area contributed by atoms with Crippen LogP contribution in [0.4, 0.5) is 11.4 Å². The number of hydrogen-bond acceptors (Lipinski definition) is 7. The molecular formula is C24H17ClN2O5S2. The predicted molar refractivity (Wildman–Crippen MR) is 138 cm³/mol. The number of ether oxygens (including phenoxy) is 2. The minimum absolute atomic E-state index is 0.0205. The third-order valence-corrected chi connectivity index (χ3v) is 6.46. The summed E-state index contributed by atoms with van der Waals surface area (Å²) in [7, 11) is 1.53. The van der Waals surface area contributed by atoms with Crippen molar-refractivity contribution in [2.75, 3.05) is 12.0 Å². The van der Waals surface area contributed by atoms with Gasteiger partial charge in [0.15, 0.2) is 15.8 Å². The molecule has 0 spiro atoms. The highest BCUT2D eigenvalue weighted by molar-refractivity contribution is 8.27. The van der Waals surface area contributed by atoms with Gasteiger partial charge in [-0.3, -0.25) is 19.8 Å². The molecule has 10 heteroatoms. The van der Waals surface area contributed by atoms with E-state index in [-0.39, 0.29) is 18.2 Å². The molecule has 172 valence electrons. The molecule has 0 aromatic heterocycles. The van der Waals surface area contributed by atoms with Crippen LogP contribution in [0.3, 0.4) is 0 Å². The molecule has 7 nitrogen and oxygen atoms in total. The van der Waals surface area contributed by atoms with Gasteiger partial charge in [0.1, 0.15) is 6.61 Å². The average molecular weight is 513 g/mol. The van der Waals surface area contributed by atoms with E-state index in [4.69, 9.17) is 33.3 Å². The maximum absolute atomic E-state index is 13.0. The zero-order chi connectivity index (χ0) is 24.2. The van der Waals surface area contributed by atoms with Crippen LogP contribution < -0.4 is 14.4 Å². The van der Waals surface area contributed by atoms with Crippen LogP contribution in [0.25, 0.3) is 6.08 Å². The monoisotopic (exact) mass is 512 g/mol. The molecule has 1 fully saturated rings. The first-order valence-corrected chi connectivity index (χ1v) is 11.5. The number of anilines is 1. The summed E-state index contributed by atoms with van der Waals surface area (Å²) < 4.78 is 11.7. The molecule has 1 amide bonds. The Morgan fingerprint density at radius 1 is 1.09 bits per heavy atom. The van der Waals surface area contributed by atoms with Gasteiger partial charge in [-0.05, 0) is 65.7 Å². The first kappa shape index (κ1) is 23.7. The van der Waals surface area contributed by atoms with E-state index < -0.39 is 4.92 Å². The summed E-state index contributed by atoms with van der Waals surface area (Å²) in [6.45, 7) is 0.216. The van der Waals surface area contributed by atoms with Gasteiger partial charge in [0.2, 0.25) is 0 Å². The Bertz CT molecular complexity index is 1290. The number of non-ortho nitro benzene ring substituents is 1. The van der Waals surface area contributed by atoms with E-state index in [9.17, 15) is 14.9 Å². The first-order chi connectivity index (χ1) is 16.4. The lowest BCUT2D eigenvalue weighted by atomic mass is 10.1. The fourth-order valence-electron chi connectivity index (χ4n) is 3.20. The van der Waals surface area contributed by atoms with Crippen molar-refractivity contribution in [2.24, 2.45) is 0 Å². The molecule has 0 N–H and O–H groups in total. The summed E-state index contributed by atoms with van der Waals surface area (Å²) in [4.78, 5) is 25.3. The minimum atomic E-state index is -0.449. The zero-order valence-electron chi connectivity index (χ0n) is 17.8. The van der Waals surface area contributed by atoms with Gasteiger partial charge < -0.3 is 9.47 Å². The molecule has 0 unspecified atom stereocenters. The summed E-state index contributed by atoms with van der Waals surface area (Å²) in [5.74, 6) is 0.783. The van der Waals surface area contributed by atoms with E-state index in [1.807, 2.05) is 6.07 Å². The number of thioether (sulfide) groups is 1. The fourth-order valence-corrected chi connectivity index (χ4v) is 4.63. The van der Waals surface area contributed by atoms with E-state index in [0.29, 0.717) is 31.4 Å². The highest BCUT2D eigenvalue weighted by Gasteiger charge is 2.33. The number of halogens is 1. The van der Waals surface area contributed by atoms with Crippen molar-refractivity contribution < 1.29 is 19.2 Å². The fraction of sp³-hybridized carbons (Fsp3) is 0.0833. The summed E-state index contributed by atoms with van der Waals surface area (Å²) in [5, 5.41) is 11.4. The number of nitro groups is 1. The van der Waals surface area contributed by atoms with E-state index in [1.165, 1.54) is 35.9 Å². The van der Waals surface area contributed by atoms with Crippen molar-refractivity contribution in [1.82, 2.24) is 0 Å². The van der Waals surface area contributed by atoms with Crippen LogP contribution in [0.5, 0.6) is 11.5 Å². The van der Waals surface area contributed by atoms with E-state index in [1.54, 1.807) is 54.6 Å². The van der Waals surface area contributed by atoms with E-state index in [0.717, 1.165) is 11.1 Å². The van der Waals surface area contributed by atoms with Gasteiger partial charge in [-0.1, -0.05) is 41.6 Å². The quantitative estimate of drug-likeness (QED) is 0.160. The topological polar surface area (TPSA) is 81.9 Å². The third kappa shape index (κ3) is 5.22. The van der Waals surface area contributed by atoms with Gasteiger partial charge in [0, 0.05) is 17.2 Å². The van der Waals surface area contributed by atoms with Crippen molar-refractivity contribution in [3.8, 4) is 11.5 Å². The van der Waals surface area contributed by atoms with Crippen molar-refractivity contribution in [1.29, 1.82) is 0 Å². The van der Waals surface area contributed by atoms with Crippen LogP contribution in [0.2, 0.25) is 5.02 Å². The highest BCUT2D eigenvalue weighted by Crippen LogP contribution is 2.37. The lowest BCUT2D eigenvalue weighted by Gasteiger charge is -2.14. The molecule has 1 aliphatic rings. The number of carbonyl (C=O) groups is 1. The van der Waals surface area contributed by atoms with Crippen LogP contribution in [0.1, 0.15) is 11.1 Å². The molecule has 1 aliphatic heterocycles. The Morgan fingerprint density at radius 3 is 2.44 bits per heavy atom. The van der Waals surface area contributed by atoms with Gasteiger partial charge >= 0.3 is 0 Å². The van der Waals surface area contributed by atoms with Crippen LogP contribution in [-0.4, -0.2) is 22.3 Å². The Labute approximate surface area is 210 Å². The van der Waals surface area contributed by atoms with Crippen molar-refractivity contribution in [3.63, 3.8) is 0 Å². The first-order valence-electron chi connectivity index (χ1n) is 9.93. The summed E-state index contributed by atoms with van der Waals surface area (Å²) in [5.41, 5.74) is 2.20. The molecule has 1 heterocycles. The number of thiocarbonyl (C=S) groups is 1. The van der Waals surface area contributed by atoms with Gasteiger partial charge in [-0.25, -0.2) is 0 Å². The standard InChI is InChI=1S/C24H17ClN2O5S2/c1-31-21-12-16(4-11-20(21)32-14-15-2-7-19(8-3-15)27(29)30)13-22-23(28)26(24(33)34-22)18-9-5-17(25)6-10-18/h2-13H,14H2,1H3. The summed E-state index contributed by atoms with van der Waals surface area (Å²) in [6.07, 6.45) is 1.75. The van der Waals surface area contributed by atoms with Crippen molar-refractivity contribution in [2.45, 2.75) is 6.61 Å². The van der Waals surface area contributed by atoms with Crippen LogP contribution in [-0.2, 0) is 11.4 Å². The Hall–Kier alpha value is -3.40. The minimum Gasteiger partial charge on any atom is -0.493 e. The Balaban J connectivity index is 1.49. The number of amides is 1. The predicted octanol–water partition coefficient (Wildman–Crippen LogP) is 6.24. The number of nitrogens with zero attached hydrogens (tertiary/aromatic N) is 2. The Morgan fingerprint density at radius 2 is 1.79 bits per heavy atom. The lowest BCUT2D eigenvalue weighted by Crippen LogP contribution is -2.27. The molecule has 34 heavy (non-hydrogen) atoms.